The first-order valence-electron chi connectivity index (χ1n) is 10.5. The van der Waals surface area contributed by atoms with Crippen molar-refractivity contribution in [2.75, 3.05) is 25.1 Å². The summed E-state index contributed by atoms with van der Waals surface area (Å²) in [5.74, 6) is 1.61. The number of rotatable bonds is 5. The SMILES string of the molecule is COc1cccc(CC(=O)NC2CC(C)(C)Cc3nc(N4CCCC4)ncc32)c1. The van der Waals surface area contributed by atoms with Crippen molar-refractivity contribution in [1.82, 2.24) is 15.3 Å². The number of fused-ring (bicyclic) bond motifs is 1. The van der Waals surface area contributed by atoms with Crippen LogP contribution in [0, 0.1) is 5.41 Å². The van der Waals surface area contributed by atoms with E-state index in [1.807, 2.05) is 30.5 Å². The minimum Gasteiger partial charge on any atom is -0.497 e. The first kappa shape index (κ1) is 19.7. The summed E-state index contributed by atoms with van der Waals surface area (Å²) in [6, 6.07) is 7.60. The largest absolute Gasteiger partial charge is 0.497 e. The van der Waals surface area contributed by atoms with Gasteiger partial charge in [0.15, 0.2) is 0 Å². The summed E-state index contributed by atoms with van der Waals surface area (Å²) < 4.78 is 5.26. The number of methoxy groups -OCH3 is 1. The molecule has 0 bridgehead atoms. The Balaban J connectivity index is 1.52. The molecule has 1 unspecified atom stereocenters. The third kappa shape index (κ3) is 4.52. The monoisotopic (exact) mass is 394 g/mol. The second-order valence-electron chi connectivity index (χ2n) is 8.96. The molecule has 6 heteroatoms. The van der Waals surface area contributed by atoms with Gasteiger partial charge < -0.3 is 15.0 Å². The van der Waals surface area contributed by atoms with Gasteiger partial charge in [-0.1, -0.05) is 26.0 Å². The molecule has 0 spiro atoms. The lowest BCUT2D eigenvalue weighted by molar-refractivity contribution is -0.121. The predicted molar refractivity (Wildman–Crippen MR) is 113 cm³/mol. The van der Waals surface area contributed by atoms with Crippen molar-refractivity contribution < 1.29 is 9.53 Å². The minimum atomic E-state index is -0.0560. The van der Waals surface area contributed by atoms with Crippen molar-refractivity contribution >= 4 is 11.9 Å². The van der Waals surface area contributed by atoms with E-state index in [0.29, 0.717) is 6.42 Å². The molecule has 2 aliphatic rings. The van der Waals surface area contributed by atoms with Crippen LogP contribution in [-0.2, 0) is 17.6 Å². The molecule has 2 aromatic rings. The number of benzene rings is 1. The number of hydrogen-bond donors (Lipinski definition) is 1. The Kier molecular flexibility index (Phi) is 5.43. The summed E-state index contributed by atoms with van der Waals surface area (Å²) in [6.45, 7) is 6.55. The number of anilines is 1. The Hall–Kier alpha value is -2.63. The fraction of sp³-hybridized carbons (Fsp3) is 0.522. The van der Waals surface area contributed by atoms with Crippen molar-refractivity contribution in [1.29, 1.82) is 0 Å². The molecule has 154 valence electrons. The molecule has 0 radical (unpaired) electrons. The van der Waals surface area contributed by atoms with Gasteiger partial charge in [-0.15, -0.1) is 0 Å². The van der Waals surface area contributed by atoms with Gasteiger partial charge in [0.2, 0.25) is 11.9 Å². The lowest BCUT2D eigenvalue weighted by atomic mass is 9.74. The highest BCUT2D eigenvalue weighted by atomic mass is 16.5. The van der Waals surface area contributed by atoms with Crippen molar-refractivity contribution in [2.24, 2.45) is 5.41 Å². The van der Waals surface area contributed by atoms with Crippen molar-refractivity contribution in [3.63, 3.8) is 0 Å². The van der Waals surface area contributed by atoms with Gasteiger partial charge in [-0.2, -0.15) is 0 Å². The second-order valence-corrected chi connectivity index (χ2v) is 8.96. The van der Waals surface area contributed by atoms with Crippen LogP contribution in [0.1, 0.15) is 56.0 Å². The first-order chi connectivity index (χ1) is 13.9. The third-order valence-corrected chi connectivity index (χ3v) is 5.89. The van der Waals surface area contributed by atoms with Crippen LogP contribution in [0.2, 0.25) is 0 Å². The molecule has 1 amide bonds. The maximum atomic E-state index is 12.8. The number of amides is 1. The molecule has 1 fully saturated rings. The Bertz CT molecular complexity index is 890. The molecule has 29 heavy (non-hydrogen) atoms. The molecule has 1 aliphatic heterocycles. The molecule has 1 aromatic heterocycles. The third-order valence-electron chi connectivity index (χ3n) is 5.89. The first-order valence-corrected chi connectivity index (χ1v) is 10.5. The van der Waals surface area contributed by atoms with Crippen LogP contribution >= 0.6 is 0 Å². The summed E-state index contributed by atoms with van der Waals surface area (Å²) in [6.07, 6.45) is 6.46. The van der Waals surface area contributed by atoms with Gasteiger partial charge in [-0.3, -0.25) is 4.79 Å². The second kappa shape index (κ2) is 8.01. The number of hydrogen-bond acceptors (Lipinski definition) is 5. The predicted octanol–water partition coefficient (Wildman–Crippen LogP) is 3.46. The van der Waals surface area contributed by atoms with Crippen molar-refractivity contribution in [3.05, 3.63) is 47.3 Å². The lowest BCUT2D eigenvalue weighted by Gasteiger charge is -2.36. The van der Waals surface area contributed by atoms with E-state index in [4.69, 9.17) is 9.72 Å². The number of carbonyl (C=O) groups is 1. The van der Waals surface area contributed by atoms with Crippen LogP contribution in [0.15, 0.2) is 30.5 Å². The number of carbonyl (C=O) groups excluding carboxylic acids is 1. The Morgan fingerprint density at radius 3 is 2.86 bits per heavy atom. The molecule has 6 nitrogen and oxygen atoms in total. The molecule has 0 saturated carbocycles. The van der Waals surface area contributed by atoms with Gasteiger partial charge in [0, 0.05) is 24.8 Å². The number of aromatic nitrogens is 2. The van der Waals surface area contributed by atoms with Gasteiger partial charge in [0.1, 0.15) is 5.75 Å². The van der Waals surface area contributed by atoms with Crippen molar-refractivity contribution in [3.8, 4) is 5.75 Å². The van der Waals surface area contributed by atoms with Crippen LogP contribution in [0.25, 0.3) is 0 Å². The summed E-state index contributed by atoms with van der Waals surface area (Å²) >= 11 is 0. The van der Waals surface area contributed by atoms with E-state index in [2.05, 4.69) is 29.0 Å². The van der Waals surface area contributed by atoms with Crippen LogP contribution in [-0.4, -0.2) is 36.1 Å². The Morgan fingerprint density at radius 1 is 1.31 bits per heavy atom. The molecular formula is C23H30N4O2. The molecule has 1 N–H and O–H groups in total. The van der Waals surface area contributed by atoms with E-state index in [0.717, 1.165) is 54.4 Å². The molecular weight excluding hydrogens is 364 g/mol. The standard InChI is InChI=1S/C23H30N4O2/c1-23(2)13-19(25-21(28)12-16-7-6-8-17(11-16)29-3)18-15-24-22(26-20(18)14-23)27-9-4-5-10-27/h6-8,11,15,19H,4-5,9-10,12-14H2,1-3H3,(H,25,28). The van der Waals surface area contributed by atoms with Gasteiger partial charge in [-0.05, 0) is 48.8 Å². The van der Waals surface area contributed by atoms with Gasteiger partial charge >= 0.3 is 0 Å². The Morgan fingerprint density at radius 2 is 2.10 bits per heavy atom. The topological polar surface area (TPSA) is 67.3 Å². The zero-order valence-electron chi connectivity index (χ0n) is 17.6. The zero-order valence-corrected chi connectivity index (χ0v) is 17.6. The highest BCUT2D eigenvalue weighted by Crippen LogP contribution is 2.40. The lowest BCUT2D eigenvalue weighted by Crippen LogP contribution is -2.38. The highest BCUT2D eigenvalue weighted by molar-refractivity contribution is 5.79. The van der Waals surface area contributed by atoms with Crippen LogP contribution in [0.4, 0.5) is 5.95 Å². The normalized spacial score (nSPS) is 20.2. The number of nitrogens with one attached hydrogen (secondary N) is 1. The number of nitrogens with zero attached hydrogens (tertiary/aromatic N) is 3. The molecule has 1 atom stereocenters. The molecule has 1 saturated heterocycles. The van der Waals surface area contributed by atoms with Crippen LogP contribution < -0.4 is 15.0 Å². The van der Waals surface area contributed by atoms with Crippen molar-refractivity contribution in [2.45, 2.75) is 52.0 Å². The summed E-state index contributed by atoms with van der Waals surface area (Å²) in [5.41, 5.74) is 3.16. The number of ether oxygens (including phenoxy) is 1. The fourth-order valence-corrected chi connectivity index (χ4v) is 4.45. The van der Waals surface area contributed by atoms with E-state index in [1.54, 1.807) is 7.11 Å². The average Bonchev–Trinajstić information content (AvgIpc) is 3.21. The van der Waals surface area contributed by atoms with E-state index >= 15 is 0 Å². The van der Waals surface area contributed by atoms with Gasteiger partial charge in [0.05, 0.1) is 25.3 Å². The van der Waals surface area contributed by atoms with E-state index < -0.39 is 0 Å². The molecule has 4 rings (SSSR count). The fourth-order valence-electron chi connectivity index (χ4n) is 4.45. The Labute approximate surface area is 172 Å². The van der Waals surface area contributed by atoms with Crippen LogP contribution in [0.5, 0.6) is 5.75 Å². The van der Waals surface area contributed by atoms with E-state index in [-0.39, 0.29) is 17.4 Å². The minimum absolute atomic E-state index is 0.00974. The van der Waals surface area contributed by atoms with E-state index in [9.17, 15) is 4.79 Å². The smallest absolute Gasteiger partial charge is 0.225 e. The molecule has 2 heterocycles. The maximum Gasteiger partial charge on any atom is 0.225 e. The van der Waals surface area contributed by atoms with Gasteiger partial charge in [-0.25, -0.2) is 9.97 Å². The maximum absolute atomic E-state index is 12.8. The van der Waals surface area contributed by atoms with Gasteiger partial charge in [0.25, 0.3) is 0 Å². The highest BCUT2D eigenvalue weighted by Gasteiger charge is 2.35. The summed E-state index contributed by atoms with van der Waals surface area (Å²) in [7, 11) is 1.64. The van der Waals surface area contributed by atoms with Crippen LogP contribution in [0.3, 0.4) is 0 Å². The average molecular weight is 395 g/mol. The summed E-state index contributed by atoms with van der Waals surface area (Å²) in [4.78, 5) is 24.6. The summed E-state index contributed by atoms with van der Waals surface area (Å²) in [5, 5.41) is 3.23. The quantitative estimate of drug-likeness (QED) is 0.841. The van der Waals surface area contributed by atoms with E-state index in [1.165, 1.54) is 12.8 Å². The molecule has 1 aromatic carbocycles. The zero-order chi connectivity index (χ0) is 20.4. The molecule has 1 aliphatic carbocycles.